The van der Waals surface area contributed by atoms with Crippen LogP contribution in [0.1, 0.15) is 44.6 Å². The molecule has 2 rings (SSSR count). The molecule has 2 heteroatoms. The van der Waals surface area contributed by atoms with Crippen LogP contribution < -0.4 is 5.73 Å². The summed E-state index contributed by atoms with van der Waals surface area (Å²) in [5.41, 5.74) is 7.85. The molecular formula is C12H19NO. The lowest BCUT2D eigenvalue weighted by molar-refractivity contribution is 0.198. The molecule has 1 saturated carbocycles. The van der Waals surface area contributed by atoms with E-state index in [-0.39, 0.29) is 0 Å². The summed E-state index contributed by atoms with van der Waals surface area (Å²) in [5.74, 6) is 0.484. The minimum atomic E-state index is 0.306. The summed E-state index contributed by atoms with van der Waals surface area (Å²) in [4.78, 5) is 0. The van der Waals surface area contributed by atoms with Gasteiger partial charge in [-0.3, -0.25) is 0 Å². The Morgan fingerprint density at radius 2 is 2.29 bits per heavy atom. The molecule has 0 aliphatic heterocycles. The average Bonchev–Trinajstić information content (AvgIpc) is 2.62. The molecule has 2 nitrogen and oxygen atoms in total. The lowest BCUT2D eigenvalue weighted by Crippen LogP contribution is -2.37. The van der Waals surface area contributed by atoms with Gasteiger partial charge in [-0.1, -0.05) is 13.8 Å². The minimum absolute atomic E-state index is 0.306. The molecule has 0 bridgehead atoms. The molecule has 0 amide bonds. The Kier molecular flexibility index (Phi) is 2.40. The van der Waals surface area contributed by atoms with Crippen molar-refractivity contribution >= 4 is 0 Å². The van der Waals surface area contributed by atoms with Gasteiger partial charge >= 0.3 is 0 Å². The van der Waals surface area contributed by atoms with E-state index in [1.807, 2.05) is 12.3 Å². The third-order valence-corrected chi connectivity index (χ3v) is 3.42. The molecule has 0 spiro atoms. The van der Waals surface area contributed by atoms with Gasteiger partial charge in [0.25, 0.3) is 0 Å². The zero-order chi connectivity index (χ0) is 10.2. The van der Waals surface area contributed by atoms with E-state index in [4.69, 9.17) is 10.2 Å². The second kappa shape index (κ2) is 3.43. The quantitative estimate of drug-likeness (QED) is 0.744. The van der Waals surface area contributed by atoms with E-state index >= 15 is 0 Å². The molecule has 0 aromatic carbocycles. The Hall–Kier alpha value is -0.760. The van der Waals surface area contributed by atoms with Crippen LogP contribution in [0, 0.1) is 5.41 Å². The standard InChI is InChI=1S/C12H19NO/c1-12(2)5-3-11(13)10(7-12)9-4-6-14-8-9/h4,6,8,10-11H,3,5,7,13H2,1-2H3. The van der Waals surface area contributed by atoms with E-state index in [0.29, 0.717) is 17.4 Å². The molecule has 1 aromatic rings. The van der Waals surface area contributed by atoms with E-state index in [2.05, 4.69) is 13.8 Å². The van der Waals surface area contributed by atoms with E-state index in [1.165, 1.54) is 18.4 Å². The topological polar surface area (TPSA) is 39.2 Å². The summed E-state index contributed by atoms with van der Waals surface area (Å²) in [5, 5.41) is 0. The molecule has 1 aromatic heterocycles. The SMILES string of the molecule is CC1(C)CCC(N)C(c2ccoc2)C1. The molecule has 1 fully saturated rings. The van der Waals surface area contributed by atoms with Crippen molar-refractivity contribution in [1.82, 2.24) is 0 Å². The normalized spacial score (nSPS) is 31.6. The monoisotopic (exact) mass is 193 g/mol. The highest BCUT2D eigenvalue weighted by atomic mass is 16.3. The zero-order valence-electron chi connectivity index (χ0n) is 8.99. The maximum atomic E-state index is 6.15. The van der Waals surface area contributed by atoms with Crippen LogP contribution in [0.4, 0.5) is 0 Å². The molecule has 1 aliphatic carbocycles. The van der Waals surface area contributed by atoms with Crippen molar-refractivity contribution in [3.63, 3.8) is 0 Å². The molecule has 2 N–H and O–H groups in total. The van der Waals surface area contributed by atoms with Crippen LogP contribution in [0.5, 0.6) is 0 Å². The second-order valence-corrected chi connectivity index (χ2v) is 5.23. The Labute approximate surface area is 85.5 Å². The first-order valence-electron chi connectivity index (χ1n) is 5.36. The lowest BCUT2D eigenvalue weighted by Gasteiger charge is -2.38. The van der Waals surface area contributed by atoms with E-state index in [1.54, 1.807) is 6.26 Å². The Morgan fingerprint density at radius 3 is 2.93 bits per heavy atom. The average molecular weight is 193 g/mol. The molecule has 78 valence electrons. The third kappa shape index (κ3) is 1.85. The third-order valence-electron chi connectivity index (χ3n) is 3.42. The van der Waals surface area contributed by atoms with Gasteiger partial charge in [0.2, 0.25) is 0 Å². The van der Waals surface area contributed by atoms with Gasteiger partial charge in [-0.05, 0) is 36.3 Å². The zero-order valence-corrected chi connectivity index (χ0v) is 8.99. The maximum absolute atomic E-state index is 6.15. The summed E-state index contributed by atoms with van der Waals surface area (Å²) in [6.07, 6.45) is 7.12. The van der Waals surface area contributed by atoms with Crippen molar-refractivity contribution in [3.8, 4) is 0 Å². The Balaban J connectivity index is 2.17. The van der Waals surface area contributed by atoms with Crippen LogP contribution in [0.25, 0.3) is 0 Å². The molecule has 0 saturated heterocycles. The first-order valence-corrected chi connectivity index (χ1v) is 5.36. The van der Waals surface area contributed by atoms with Crippen molar-refractivity contribution < 1.29 is 4.42 Å². The van der Waals surface area contributed by atoms with Crippen LogP contribution >= 0.6 is 0 Å². The summed E-state index contributed by atoms with van der Waals surface area (Å²) in [7, 11) is 0. The smallest absolute Gasteiger partial charge is 0.0937 e. The van der Waals surface area contributed by atoms with Gasteiger partial charge in [-0.15, -0.1) is 0 Å². The summed E-state index contributed by atoms with van der Waals surface area (Å²) in [6, 6.07) is 2.35. The molecular weight excluding hydrogens is 174 g/mol. The highest BCUT2D eigenvalue weighted by Crippen LogP contribution is 2.42. The molecule has 2 atom stereocenters. The van der Waals surface area contributed by atoms with Gasteiger partial charge in [0.1, 0.15) is 0 Å². The van der Waals surface area contributed by atoms with Gasteiger partial charge in [0.05, 0.1) is 12.5 Å². The minimum Gasteiger partial charge on any atom is -0.472 e. The number of nitrogens with two attached hydrogens (primary N) is 1. The lowest BCUT2D eigenvalue weighted by atomic mass is 9.68. The predicted octanol–water partition coefficient (Wildman–Crippen LogP) is 2.90. The van der Waals surface area contributed by atoms with Crippen molar-refractivity contribution in [2.45, 2.75) is 45.1 Å². The van der Waals surface area contributed by atoms with E-state index < -0.39 is 0 Å². The first-order chi connectivity index (χ1) is 6.58. The fraction of sp³-hybridized carbons (Fsp3) is 0.667. The van der Waals surface area contributed by atoms with Gasteiger partial charge in [-0.2, -0.15) is 0 Å². The fourth-order valence-electron chi connectivity index (χ4n) is 2.46. The van der Waals surface area contributed by atoms with Gasteiger partial charge in [-0.25, -0.2) is 0 Å². The maximum Gasteiger partial charge on any atom is 0.0937 e. The highest BCUT2D eigenvalue weighted by Gasteiger charge is 2.34. The molecule has 1 heterocycles. The van der Waals surface area contributed by atoms with Crippen LogP contribution in [-0.2, 0) is 0 Å². The van der Waals surface area contributed by atoms with E-state index in [0.717, 1.165) is 6.42 Å². The number of hydrogen-bond donors (Lipinski definition) is 1. The number of hydrogen-bond acceptors (Lipinski definition) is 2. The molecule has 2 unspecified atom stereocenters. The van der Waals surface area contributed by atoms with Crippen LogP contribution in [0.15, 0.2) is 23.0 Å². The summed E-state index contributed by atoms with van der Waals surface area (Å²) >= 11 is 0. The molecule has 14 heavy (non-hydrogen) atoms. The highest BCUT2D eigenvalue weighted by molar-refractivity contribution is 5.17. The number of furan rings is 1. The van der Waals surface area contributed by atoms with Gasteiger partial charge < -0.3 is 10.2 Å². The summed E-state index contributed by atoms with van der Waals surface area (Å²) < 4.78 is 5.13. The molecule has 1 aliphatic rings. The second-order valence-electron chi connectivity index (χ2n) is 5.23. The van der Waals surface area contributed by atoms with E-state index in [9.17, 15) is 0 Å². The predicted molar refractivity (Wildman–Crippen MR) is 57.1 cm³/mol. The molecule has 0 radical (unpaired) electrons. The fourth-order valence-corrected chi connectivity index (χ4v) is 2.46. The Morgan fingerprint density at radius 1 is 1.50 bits per heavy atom. The van der Waals surface area contributed by atoms with Crippen molar-refractivity contribution in [3.05, 3.63) is 24.2 Å². The van der Waals surface area contributed by atoms with Gasteiger partial charge in [0, 0.05) is 12.0 Å². The first kappa shape index (κ1) is 9.78. The van der Waals surface area contributed by atoms with Crippen molar-refractivity contribution in [1.29, 1.82) is 0 Å². The largest absolute Gasteiger partial charge is 0.472 e. The number of rotatable bonds is 1. The van der Waals surface area contributed by atoms with Crippen LogP contribution in [0.2, 0.25) is 0 Å². The summed E-state index contributed by atoms with van der Waals surface area (Å²) in [6.45, 7) is 4.65. The van der Waals surface area contributed by atoms with Crippen molar-refractivity contribution in [2.75, 3.05) is 0 Å². The van der Waals surface area contributed by atoms with Crippen LogP contribution in [-0.4, -0.2) is 6.04 Å². The van der Waals surface area contributed by atoms with Crippen LogP contribution in [0.3, 0.4) is 0 Å². The van der Waals surface area contributed by atoms with Gasteiger partial charge in [0.15, 0.2) is 0 Å². The van der Waals surface area contributed by atoms with Crippen molar-refractivity contribution in [2.24, 2.45) is 11.1 Å². The Bertz CT molecular complexity index is 289.